The minimum atomic E-state index is -0.508. The van der Waals surface area contributed by atoms with Gasteiger partial charge in [0, 0.05) is 12.7 Å². The zero-order valence-electron chi connectivity index (χ0n) is 6.36. The van der Waals surface area contributed by atoms with E-state index in [1.165, 1.54) is 0 Å². The Morgan fingerprint density at radius 1 is 1.73 bits per heavy atom. The van der Waals surface area contributed by atoms with Gasteiger partial charge in [-0.05, 0) is 18.7 Å². The number of rotatable bonds is 0. The smallest absolute Gasteiger partial charge is 0.150 e. The van der Waals surface area contributed by atoms with Crippen LogP contribution in [0.4, 0.5) is 0 Å². The van der Waals surface area contributed by atoms with E-state index in [4.69, 9.17) is 0 Å². The van der Waals surface area contributed by atoms with Crippen LogP contribution in [0.25, 0.3) is 0 Å². The molecule has 3 nitrogen and oxygen atoms in total. The minimum Gasteiger partial charge on any atom is -0.372 e. The topological polar surface area (TPSA) is 36.4 Å². The zero-order valence-corrected chi connectivity index (χ0v) is 6.36. The van der Waals surface area contributed by atoms with Gasteiger partial charge in [-0.1, -0.05) is 6.07 Å². The maximum absolute atomic E-state index is 9.51. The van der Waals surface area contributed by atoms with Crippen LogP contribution in [0, 0.1) is 0 Å². The van der Waals surface area contributed by atoms with Crippen LogP contribution in [0.15, 0.2) is 18.3 Å². The van der Waals surface area contributed by atoms with Crippen molar-refractivity contribution >= 4 is 0 Å². The first-order valence-corrected chi connectivity index (χ1v) is 3.61. The third-order valence-electron chi connectivity index (χ3n) is 2.01. The van der Waals surface area contributed by atoms with Gasteiger partial charge in [-0.3, -0.25) is 9.88 Å². The second-order valence-electron chi connectivity index (χ2n) is 2.84. The molecular weight excluding hydrogens is 140 g/mol. The van der Waals surface area contributed by atoms with E-state index in [-0.39, 0.29) is 0 Å². The molecule has 1 aliphatic heterocycles. The number of hydrogen-bond acceptors (Lipinski definition) is 3. The lowest BCUT2D eigenvalue weighted by atomic mass is 10.2. The van der Waals surface area contributed by atoms with Crippen LogP contribution in [-0.2, 0) is 6.54 Å². The molecule has 1 unspecified atom stereocenters. The first-order valence-electron chi connectivity index (χ1n) is 3.61. The van der Waals surface area contributed by atoms with Crippen molar-refractivity contribution in [2.75, 3.05) is 7.05 Å². The van der Waals surface area contributed by atoms with E-state index in [2.05, 4.69) is 4.98 Å². The summed E-state index contributed by atoms with van der Waals surface area (Å²) < 4.78 is 0. The Morgan fingerprint density at radius 2 is 2.55 bits per heavy atom. The second-order valence-corrected chi connectivity index (χ2v) is 2.84. The standard InChI is InChI=1S/C8H10N2O/c1-10-5-6-3-2-4-9-7(6)8(10)11/h2-4,8,11H,5H2,1H3. The van der Waals surface area contributed by atoms with Gasteiger partial charge in [0.1, 0.15) is 0 Å². The van der Waals surface area contributed by atoms with E-state index in [9.17, 15) is 5.11 Å². The zero-order chi connectivity index (χ0) is 7.84. The van der Waals surface area contributed by atoms with Crippen molar-refractivity contribution in [2.45, 2.75) is 12.8 Å². The molecule has 0 fully saturated rings. The summed E-state index contributed by atoms with van der Waals surface area (Å²) in [5.74, 6) is 0. The highest BCUT2D eigenvalue weighted by Crippen LogP contribution is 2.27. The average Bonchev–Trinajstić information content (AvgIpc) is 2.30. The highest BCUT2D eigenvalue weighted by molar-refractivity contribution is 5.25. The van der Waals surface area contributed by atoms with Gasteiger partial charge in [-0.15, -0.1) is 0 Å². The molecule has 2 heterocycles. The van der Waals surface area contributed by atoms with Gasteiger partial charge >= 0.3 is 0 Å². The molecule has 0 aliphatic carbocycles. The molecule has 0 saturated heterocycles. The third-order valence-corrected chi connectivity index (χ3v) is 2.01. The number of pyridine rings is 1. The fourth-order valence-corrected chi connectivity index (χ4v) is 1.38. The summed E-state index contributed by atoms with van der Waals surface area (Å²) in [5, 5.41) is 9.51. The van der Waals surface area contributed by atoms with Crippen molar-refractivity contribution < 1.29 is 5.11 Å². The van der Waals surface area contributed by atoms with E-state index < -0.39 is 6.23 Å². The maximum atomic E-state index is 9.51. The fraction of sp³-hybridized carbons (Fsp3) is 0.375. The SMILES string of the molecule is CN1Cc2cccnc2C1O. The summed E-state index contributed by atoms with van der Waals surface area (Å²) in [7, 11) is 1.88. The number of fused-ring (bicyclic) bond motifs is 1. The summed E-state index contributed by atoms with van der Waals surface area (Å²) in [6.07, 6.45) is 1.20. The molecule has 0 aromatic carbocycles. The number of hydrogen-bond donors (Lipinski definition) is 1. The fourth-order valence-electron chi connectivity index (χ4n) is 1.38. The van der Waals surface area contributed by atoms with Crippen molar-refractivity contribution in [3.8, 4) is 0 Å². The van der Waals surface area contributed by atoms with Crippen molar-refractivity contribution in [3.63, 3.8) is 0 Å². The van der Waals surface area contributed by atoms with Crippen LogP contribution in [-0.4, -0.2) is 22.0 Å². The summed E-state index contributed by atoms with van der Waals surface area (Å²) in [6.45, 7) is 0.796. The normalized spacial score (nSPS) is 23.6. The molecule has 1 aliphatic rings. The third kappa shape index (κ3) is 0.931. The molecule has 2 rings (SSSR count). The van der Waals surface area contributed by atoms with Crippen LogP contribution in [0.5, 0.6) is 0 Å². The van der Waals surface area contributed by atoms with Crippen LogP contribution >= 0.6 is 0 Å². The second kappa shape index (κ2) is 2.29. The molecule has 0 amide bonds. The van der Waals surface area contributed by atoms with E-state index in [1.54, 1.807) is 6.20 Å². The predicted molar refractivity (Wildman–Crippen MR) is 40.7 cm³/mol. The van der Waals surface area contributed by atoms with E-state index in [0.717, 1.165) is 17.8 Å². The van der Waals surface area contributed by atoms with Crippen molar-refractivity contribution in [1.82, 2.24) is 9.88 Å². The average molecular weight is 150 g/mol. The van der Waals surface area contributed by atoms with Crippen LogP contribution < -0.4 is 0 Å². The monoisotopic (exact) mass is 150 g/mol. The van der Waals surface area contributed by atoms with Gasteiger partial charge in [-0.25, -0.2) is 0 Å². The van der Waals surface area contributed by atoms with E-state index >= 15 is 0 Å². The minimum absolute atomic E-state index is 0.508. The summed E-state index contributed by atoms with van der Waals surface area (Å²) in [4.78, 5) is 5.96. The molecular formula is C8H10N2O. The quantitative estimate of drug-likeness (QED) is 0.585. The number of aromatic nitrogens is 1. The van der Waals surface area contributed by atoms with Gasteiger partial charge in [0.25, 0.3) is 0 Å². The molecule has 3 heteroatoms. The molecule has 11 heavy (non-hydrogen) atoms. The molecule has 0 radical (unpaired) electrons. The van der Waals surface area contributed by atoms with Gasteiger partial charge < -0.3 is 5.11 Å². The summed E-state index contributed by atoms with van der Waals surface area (Å²) in [5.41, 5.74) is 1.93. The van der Waals surface area contributed by atoms with Crippen LogP contribution in [0.3, 0.4) is 0 Å². The summed E-state index contributed by atoms with van der Waals surface area (Å²) in [6, 6.07) is 3.89. The lowest BCUT2D eigenvalue weighted by Gasteiger charge is -2.11. The van der Waals surface area contributed by atoms with Gasteiger partial charge in [0.2, 0.25) is 0 Å². The maximum Gasteiger partial charge on any atom is 0.150 e. The number of nitrogens with zero attached hydrogens (tertiary/aromatic N) is 2. The van der Waals surface area contributed by atoms with E-state index in [0.29, 0.717) is 0 Å². The molecule has 1 atom stereocenters. The van der Waals surface area contributed by atoms with Crippen molar-refractivity contribution in [3.05, 3.63) is 29.6 Å². The van der Waals surface area contributed by atoms with Crippen LogP contribution in [0.2, 0.25) is 0 Å². The van der Waals surface area contributed by atoms with Crippen molar-refractivity contribution in [2.24, 2.45) is 0 Å². The first-order chi connectivity index (χ1) is 5.29. The predicted octanol–water partition coefficient (Wildman–Crippen LogP) is 0.518. The summed E-state index contributed by atoms with van der Waals surface area (Å²) >= 11 is 0. The molecule has 1 aromatic heterocycles. The van der Waals surface area contributed by atoms with Gasteiger partial charge in [0.15, 0.2) is 6.23 Å². The Labute approximate surface area is 65.3 Å². The van der Waals surface area contributed by atoms with Gasteiger partial charge in [0.05, 0.1) is 5.69 Å². The Morgan fingerprint density at radius 3 is 3.27 bits per heavy atom. The largest absolute Gasteiger partial charge is 0.372 e. The lowest BCUT2D eigenvalue weighted by molar-refractivity contribution is 0.0309. The molecule has 1 N–H and O–H groups in total. The Balaban J connectivity index is 2.47. The Kier molecular flexibility index (Phi) is 1.41. The van der Waals surface area contributed by atoms with Crippen LogP contribution in [0.1, 0.15) is 17.5 Å². The molecule has 58 valence electrons. The lowest BCUT2D eigenvalue weighted by Crippen LogP contribution is -2.15. The van der Waals surface area contributed by atoms with Crippen molar-refractivity contribution in [1.29, 1.82) is 0 Å². The molecule has 0 saturated carbocycles. The number of aliphatic hydroxyl groups is 1. The van der Waals surface area contributed by atoms with Gasteiger partial charge in [-0.2, -0.15) is 0 Å². The first kappa shape index (κ1) is 6.76. The Hall–Kier alpha value is -0.930. The Bertz CT molecular complexity index is 275. The molecule has 0 spiro atoms. The molecule has 1 aromatic rings. The highest BCUT2D eigenvalue weighted by atomic mass is 16.3. The van der Waals surface area contributed by atoms with E-state index in [1.807, 2.05) is 24.1 Å². The number of aliphatic hydroxyl groups excluding tert-OH is 1. The highest BCUT2D eigenvalue weighted by Gasteiger charge is 2.25. The molecule has 0 bridgehead atoms.